The first kappa shape index (κ1) is 22.9. The SMILES string of the molecule is CN(CC(O)(c1ccc(Cl)cc1)c1nccn1-c1ccccc1-c1ccccc1)c1ccccc1. The first-order valence-electron chi connectivity index (χ1n) is 11.5. The summed E-state index contributed by atoms with van der Waals surface area (Å²) in [5.74, 6) is 0.533. The van der Waals surface area contributed by atoms with Gasteiger partial charge in [-0.05, 0) is 41.5 Å². The van der Waals surface area contributed by atoms with Crippen LogP contribution in [0.2, 0.25) is 5.02 Å². The number of benzene rings is 4. The molecule has 0 saturated heterocycles. The molecule has 1 heterocycles. The Morgan fingerprint density at radius 3 is 2.17 bits per heavy atom. The molecule has 1 unspecified atom stereocenters. The molecular weight excluding hydrogens is 454 g/mol. The van der Waals surface area contributed by atoms with Crippen LogP contribution in [0.4, 0.5) is 5.69 Å². The lowest BCUT2D eigenvalue weighted by Crippen LogP contribution is -2.42. The zero-order valence-corrected chi connectivity index (χ0v) is 20.2. The van der Waals surface area contributed by atoms with Crippen LogP contribution in [0.15, 0.2) is 122 Å². The van der Waals surface area contributed by atoms with E-state index in [4.69, 9.17) is 16.6 Å². The largest absolute Gasteiger partial charge is 0.375 e. The summed E-state index contributed by atoms with van der Waals surface area (Å²) in [6, 6.07) is 35.8. The fourth-order valence-electron chi connectivity index (χ4n) is 4.48. The number of para-hydroxylation sites is 2. The van der Waals surface area contributed by atoms with Gasteiger partial charge in [0.1, 0.15) is 0 Å². The molecular formula is C30H26ClN3O. The number of aliphatic hydroxyl groups is 1. The Labute approximate surface area is 210 Å². The first-order chi connectivity index (χ1) is 17.1. The van der Waals surface area contributed by atoms with Crippen LogP contribution in [-0.2, 0) is 5.60 Å². The molecule has 0 bridgehead atoms. The minimum Gasteiger partial charge on any atom is -0.375 e. The van der Waals surface area contributed by atoms with Crippen molar-refractivity contribution in [3.8, 4) is 16.8 Å². The van der Waals surface area contributed by atoms with Gasteiger partial charge >= 0.3 is 0 Å². The molecule has 4 nitrogen and oxygen atoms in total. The van der Waals surface area contributed by atoms with E-state index in [2.05, 4.69) is 24.3 Å². The summed E-state index contributed by atoms with van der Waals surface area (Å²) in [7, 11) is 1.97. The molecule has 4 aromatic carbocycles. The Morgan fingerprint density at radius 2 is 1.46 bits per heavy atom. The highest BCUT2D eigenvalue weighted by Crippen LogP contribution is 2.35. The number of imidazole rings is 1. The predicted molar refractivity (Wildman–Crippen MR) is 143 cm³/mol. The van der Waals surface area contributed by atoms with Crippen molar-refractivity contribution in [1.29, 1.82) is 0 Å². The van der Waals surface area contributed by atoms with Crippen molar-refractivity contribution in [2.45, 2.75) is 5.60 Å². The van der Waals surface area contributed by atoms with E-state index >= 15 is 0 Å². The van der Waals surface area contributed by atoms with Gasteiger partial charge in [0.25, 0.3) is 0 Å². The molecule has 0 fully saturated rings. The molecule has 1 atom stereocenters. The molecule has 0 spiro atoms. The van der Waals surface area contributed by atoms with Gasteiger partial charge in [-0.15, -0.1) is 0 Å². The van der Waals surface area contributed by atoms with Gasteiger partial charge < -0.3 is 14.6 Å². The van der Waals surface area contributed by atoms with Crippen molar-refractivity contribution >= 4 is 17.3 Å². The molecule has 35 heavy (non-hydrogen) atoms. The monoisotopic (exact) mass is 479 g/mol. The Balaban J connectivity index is 1.65. The van der Waals surface area contributed by atoms with Crippen LogP contribution in [0.1, 0.15) is 11.4 Å². The lowest BCUT2D eigenvalue weighted by molar-refractivity contribution is 0.0778. The van der Waals surface area contributed by atoms with Gasteiger partial charge in [-0.1, -0.05) is 90.5 Å². The fourth-order valence-corrected chi connectivity index (χ4v) is 4.61. The number of aromatic nitrogens is 2. The van der Waals surface area contributed by atoms with E-state index < -0.39 is 5.60 Å². The molecule has 1 aromatic heterocycles. The van der Waals surface area contributed by atoms with Gasteiger partial charge in [-0.2, -0.15) is 0 Å². The Bertz CT molecular complexity index is 1400. The van der Waals surface area contributed by atoms with Gasteiger partial charge in [-0.25, -0.2) is 4.98 Å². The normalized spacial score (nSPS) is 12.8. The van der Waals surface area contributed by atoms with Crippen molar-refractivity contribution in [3.05, 3.63) is 138 Å². The van der Waals surface area contributed by atoms with Crippen molar-refractivity contribution in [2.75, 3.05) is 18.5 Å². The van der Waals surface area contributed by atoms with E-state index in [1.165, 1.54) is 0 Å². The van der Waals surface area contributed by atoms with Crippen LogP contribution in [0.3, 0.4) is 0 Å². The highest BCUT2D eigenvalue weighted by atomic mass is 35.5. The minimum atomic E-state index is -1.41. The van der Waals surface area contributed by atoms with E-state index in [1.54, 1.807) is 18.3 Å². The predicted octanol–water partition coefficient (Wildman–Crippen LogP) is 6.57. The zero-order valence-electron chi connectivity index (χ0n) is 19.4. The number of nitrogens with zero attached hydrogens (tertiary/aromatic N) is 3. The van der Waals surface area contributed by atoms with E-state index in [1.807, 2.05) is 95.5 Å². The third kappa shape index (κ3) is 4.59. The standard InChI is InChI=1S/C30H26ClN3O/c1-33(26-12-6-3-7-13-26)22-30(35,24-16-18-25(31)19-17-24)29-32-20-21-34(29)28-15-9-8-14-27(28)23-10-4-2-5-11-23/h2-21,35H,22H2,1H3. The molecule has 5 heteroatoms. The van der Waals surface area contributed by atoms with Crippen molar-refractivity contribution in [3.63, 3.8) is 0 Å². The lowest BCUT2D eigenvalue weighted by Gasteiger charge is -2.34. The van der Waals surface area contributed by atoms with Gasteiger partial charge in [0.2, 0.25) is 0 Å². The smallest absolute Gasteiger partial charge is 0.165 e. The molecule has 1 N–H and O–H groups in total. The van der Waals surface area contributed by atoms with Crippen molar-refractivity contribution in [1.82, 2.24) is 9.55 Å². The first-order valence-corrected chi connectivity index (χ1v) is 11.9. The molecule has 0 aliphatic heterocycles. The van der Waals surface area contributed by atoms with E-state index in [0.29, 0.717) is 23.0 Å². The van der Waals surface area contributed by atoms with E-state index in [9.17, 15) is 5.11 Å². The summed E-state index contributed by atoms with van der Waals surface area (Å²) >= 11 is 6.19. The molecule has 0 radical (unpaired) electrons. The Kier molecular flexibility index (Phi) is 6.41. The lowest BCUT2D eigenvalue weighted by atomic mass is 9.91. The number of hydrogen-bond donors (Lipinski definition) is 1. The Morgan fingerprint density at radius 1 is 0.829 bits per heavy atom. The molecule has 0 amide bonds. The summed E-state index contributed by atoms with van der Waals surface area (Å²) in [4.78, 5) is 6.74. The van der Waals surface area contributed by atoms with Crippen LogP contribution in [0.25, 0.3) is 16.8 Å². The maximum absolute atomic E-state index is 12.4. The van der Waals surface area contributed by atoms with Crippen LogP contribution in [-0.4, -0.2) is 28.3 Å². The van der Waals surface area contributed by atoms with Gasteiger partial charge in [-0.3, -0.25) is 0 Å². The third-order valence-corrected chi connectivity index (χ3v) is 6.50. The Hall–Kier alpha value is -3.86. The quantitative estimate of drug-likeness (QED) is 0.287. The van der Waals surface area contributed by atoms with E-state index in [-0.39, 0.29) is 0 Å². The summed E-state index contributed by atoms with van der Waals surface area (Å²) in [6.45, 7) is 0.295. The molecule has 0 aliphatic carbocycles. The molecule has 5 rings (SSSR count). The van der Waals surface area contributed by atoms with E-state index in [0.717, 1.165) is 22.5 Å². The highest BCUT2D eigenvalue weighted by Gasteiger charge is 2.38. The van der Waals surface area contributed by atoms with Gasteiger partial charge in [0, 0.05) is 35.7 Å². The third-order valence-electron chi connectivity index (χ3n) is 6.24. The fraction of sp³-hybridized carbons (Fsp3) is 0.100. The van der Waals surface area contributed by atoms with Crippen LogP contribution < -0.4 is 4.90 Å². The number of hydrogen-bond acceptors (Lipinski definition) is 3. The molecule has 5 aromatic rings. The topological polar surface area (TPSA) is 41.3 Å². The summed E-state index contributed by atoms with van der Waals surface area (Å²) in [5, 5.41) is 13.0. The summed E-state index contributed by atoms with van der Waals surface area (Å²) in [5.41, 5.74) is 3.40. The second-order valence-corrected chi connectivity index (χ2v) is 9.00. The van der Waals surface area contributed by atoms with Crippen molar-refractivity contribution < 1.29 is 5.11 Å². The second kappa shape index (κ2) is 9.79. The number of rotatable bonds is 7. The van der Waals surface area contributed by atoms with Crippen LogP contribution in [0, 0.1) is 0 Å². The van der Waals surface area contributed by atoms with Crippen LogP contribution >= 0.6 is 11.6 Å². The van der Waals surface area contributed by atoms with Gasteiger partial charge in [0.05, 0.1) is 12.2 Å². The highest BCUT2D eigenvalue weighted by molar-refractivity contribution is 6.30. The second-order valence-electron chi connectivity index (χ2n) is 8.56. The molecule has 0 saturated carbocycles. The average molecular weight is 480 g/mol. The maximum Gasteiger partial charge on any atom is 0.165 e. The number of anilines is 1. The van der Waals surface area contributed by atoms with Crippen molar-refractivity contribution in [2.24, 2.45) is 0 Å². The number of halogens is 1. The van der Waals surface area contributed by atoms with Crippen LogP contribution in [0.5, 0.6) is 0 Å². The summed E-state index contributed by atoms with van der Waals surface area (Å²) in [6.07, 6.45) is 3.64. The minimum absolute atomic E-state index is 0.295. The molecule has 0 aliphatic rings. The maximum atomic E-state index is 12.4. The average Bonchev–Trinajstić information content (AvgIpc) is 3.41. The number of likely N-dealkylation sites (N-methyl/N-ethyl adjacent to an activating group) is 1. The molecule has 174 valence electrons. The van der Waals surface area contributed by atoms with Gasteiger partial charge in [0.15, 0.2) is 11.4 Å². The summed E-state index contributed by atoms with van der Waals surface area (Å²) < 4.78 is 1.98. The zero-order chi connectivity index (χ0) is 24.3.